The molecule has 120 valence electrons. The highest BCUT2D eigenvalue weighted by Gasteiger charge is 2.05. The SMILES string of the molecule is O=C(N/N=C\c1ccc(F)cc1)c1cccc(Cn2cccn2)c1. The second kappa shape index (κ2) is 7.32. The second-order valence-electron chi connectivity index (χ2n) is 5.15. The van der Waals surface area contributed by atoms with E-state index in [1.165, 1.54) is 18.3 Å². The van der Waals surface area contributed by atoms with Crippen molar-refractivity contribution in [2.24, 2.45) is 5.10 Å². The molecule has 6 heteroatoms. The number of hydrogen-bond donors (Lipinski definition) is 1. The molecule has 2 aromatic carbocycles. The van der Waals surface area contributed by atoms with Crippen LogP contribution >= 0.6 is 0 Å². The highest BCUT2D eigenvalue weighted by Crippen LogP contribution is 2.07. The van der Waals surface area contributed by atoms with Crippen LogP contribution in [0.3, 0.4) is 0 Å². The summed E-state index contributed by atoms with van der Waals surface area (Å²) in [5.41, 5.74) is 4.64. The maximum atomic E-state index is 12.8. The first-order valence-corrected chi connectivity index (χ1v) is 7.36. The Bertz CT molecular complexity index is 842. The molecule has 1 N–H and O–H groups in total. The van der Waals surface area contributed by atoms with Gasteiger partial charge in [-0.3, -0.25) is 9.48 Å². The molecule has 3 aromatic rings. The molecular formula is C18H15FN4O. The molecule has 1 heterocycles. The van der Waals surface area contributed by atoms with Crippen LogP contribution < -0.4 is 5.43 Å². The lowest BCUT2D eigenvalue weighted by molar-refractivity contribution is 0.0955. The number of benzene rings is 2. The Hall–Kier alpha value is -3.28. The van der Waals surface area contributed by atoms with Crippen molar-refractivity contribution >= 4 is 12.1 Å². The topological polar surface area (TPSA) is 59.3 Å². The van der Waals surface area contributed by atoms with Crippen molar-refractivity contribution in [1.82, 2.24) is 15.2 Å². The Morgan fingerprint density at radius 3 is 2.79 bits per heavy atom. The number of nitrogens with zero attached hydrogens (tertiary/aromatic N) is 3. The zero-order chi connectivity index (χ0) is 16.8. The van der Waals surface area contributed by atoms with E-state index in [1.54, 1.807) is 35.1 Å². The first-order chi connectivity index (χ1) is 11.7. The van der Waals surface area contributed by atoms with Gasteiger partial charge in [-0.2, -0.15) is 10.2 Å². The molecule has 1 amide bonds. The van der Waals surface area contributed by atoms with Crippen molar-refractivity contribution in [2.45, 2.75) is 6.54 Å². The normalized spacial score (nSPS) is 10.9. The molecule has 0 aliphatic carbocycles. The predicted molar refractivity (Wildman–Crippen MR) is 89.2 cm³/mol. The summed E-state index contributed by atoms with van der Waals surface area (Å²) in [6.45, 7) is 0.590. The third kappa shape index (κ3) is 4.13. The van der Waals surface area contributed by atoms with Crippen LogP contribution in [0.25, 0.3) is 0 Å². The van der Waals surface area contributed by atoms with Crippen LogP contribution in [-0.4, -0.2) is 21.9 Å². The van der Waals surface area contributed by atoms with Crippen LogP contribution in [0.15, 0.2) is 72.1 Å². The molecule has 0 spiro atoms. The third-order valence-electron chi connectivity index (χ3n) is 3.34. The van der Waals surface area contributed by atoms with E-state index in [4.69, 9.17) is 0 Å². The van der Waals surface area contributed by atoms with Crippen molar-refractivity contribution < 1.29 is 9.18 Å². The maximum absolute atomic E-state index is 12.8. The van der Waals surface area contributed by atoms with Gasteiger partial charge < -0.3 is 0 Å². The minimum absolute atomic E-state index is 0.310. The molecular weight excluding hydrogens is 307 g/mol. The smallest absolute Gasteiger partial charge is 0.268 e. The zero-order valence-corrected chi connectivity index (χ0v) is 12.8. The van der Waals surface area contributed by atoms with Crippen LogP contribution in [0.2, 0.25) is 0 Å². The summed E-state index contributed by atoms with van der Waals surface area (Å²) in [6, 6.07) is 14.9. The molecule has 0 saturated carbocycles. The fourth-order valence-electron chi connectivity index (χ4n) is 2.17. The Morgan fingerprint density at radius 1 is 1.21 bits per heavy atom. The van der Waals surface area contributed by atoms with Gasteiger partial charge in [0.2, 0.25) is 0 Å². The summed E-state index contributed by atoms with van der Waals surface area (Å²) in [5, 5.41) is 8.03. The summed E-state index contributed by atoms with van der Waals surface area (Å²) in [6.07, 6.45) is 5.03. The number of rotatable bonds is 5. The number of halogens is 1. The van der Waals surface area contributed by atoms with Crippen LogP contribution in [0.1, 0.15) is 21.5 Å². The van der Waals surface area contributed by atoms with Gasteiger partial charge in [0.1, 0.15) is 5.82 Å². The molecule has 1 aromatic heterocycles. The summed E-state index contributed by atoms with van der Waals surface area (Å²) in [4.78, 5) is 12.1. The van der Waals surface area contributed by atoms with Gasteiger partial charge in [-0.1, -0.05) is 24.3 Å². The standard InChI is InChI=1S/C18H15FN4O/c19-17-7-5-14(6-8-17)12-20-22-18(24)16-4-1-3-15(11-16)13-23-10-2-9-21-23/h1-12H,13H2,(H,22,24)/b20-12-. The molecule has 0 radical (unpaired) electrons. The quantitative estimate of drug-likeness (QED) is 0.580. The van der Waals surface area contributed by atoms with E-state index in [9.17, 15) is 9.18 Å². The van der Waals surface area contributed by atoms with Crippen LogP contribution in [0.5, 0.6) is 0 Å². The molecule has 0 fully saturated rings. The number of hydrazone groups is 1. The van der Waals surface area contributed by atoms with Crippen LogP contribution in [0.4, 0.5) is 4.39 Å². The highest BCUT2D eigenvalue weighted by atomic mass is 19.1. The monoisotopic (exact) mass is 322 g/mol. The second-order valence-corrected chi connectivity index (χ2v) is 5.15. The molecule has 0 saturated heterocycles. The molecule has 0 aliphatic rings. The summed E-state index contributed by atoms with van der Waals surface area (Å²) in [7, 11) is 0. The van der Waals surface area contributed by atoms with Crippen molar-refractivity contribution in [1.29, 1.82) is 0 Å². The average Bonchev–Trinajstić information content (AvgIpc) is 3.10. The summed E-state index contributed by atoms with van der Waals surface area (Å²) in [5.74, 6) is -0.624. The maximum Gasteiger partial charge on any atom is 0.271 e. The van der Waals surface area contributed by atoms with E-state index in [0.717, 1.165) is 5.56 Å². The van der Waals surface area contributed by atoms with E-state index in [-0.39, 0.29) is 11.7 Å². The number of hydrogen-bond acceptors (Lipinski definition) is 3. The number of nitrogens with one attached hydrogen (secondary N) is 1. The van der Waals surface area contributed by atoms with Gasteiger partial charge in [0.05, 0.1) is 12.8 Å². The summed E-state index contributed by atoms with van der Waals surface area (Å²) >= 11 is 0. The first kappa shape index (κ1) is 15.6. The van der Waals surface area contributed by atoms with Gasteiger partial charge in [-0.05, 0) is 41.5 Å². The molecule has 0 bridgehead atoms. The third-order valence-corrected chi connectivity index (χ3v) is 3.34. The largest absolute Gasteiger partial charge is 0.271 e. The Balaban J connectivity index is 1.63. The minimum atomic E-state index is -0.315. The fourth-order valence-corrected chi connectivity index (χ4v) is 2.17. The zero-order valence-electron chi connectivity index (χ0n) is 12.8. The Kier molecular flexibility index (Phi) is 4.76. The van der Waals surface area contributed by atoms with Gasteiger partial charge in [-0.25, -0.2) is 9.82 Å². The van der Waals surface area contributed by atoms with E-state index < -0.39 is 0 Å². The Labute approximate surface area is 138 Å². The molecule has 24 heavy (non-hydrogen) atoms. The van der Waals surface area contributed by atoms with E-state index in [0.29, 0.717) is 17.7 Å². The van der Waals surface area contributed by atoms with E-state index >= 15 is 0 Å². The lowest BCUT2D eigenvalue weighted by atomic mass is 10.1. The minimum Gasteiger partial charge on any atom is -0.268 e. The van der Waals surface area contributed by atoms with Crippen LogP contribution in [-0.2, 0) is 6.54 Å². The average molecular weight is 322 g/mol. The van der Waals surface area contributed by atoms with E-state index in [1.807, 2.05) is 24.4 Å². The molecule has 0 aliphatic heterocycles. The van der Waals surface area contributed by atoms with Crippen molar-refractivity contribution in [3.8, 4) is 0 Å². The van der Waals surface area contributed by atoms with Crippen molar-refractivity contribution in [3.63, 3.8) is 0 Å². The van der Waals surface area contributed by atoms with E-state index in [2.05, 4.69) is 15.6 Å². The predicted octanol–water partition coefficient (Wildman–Crippen LogP) is 2.83. The van der Waals surface area contributed by atoms with Crippen molar-refractivity contribution in [2.75, 3.05) is 0 Å². The lowest BCUT2D eigenvalue weighted by Gasteiger charge is -2.05. The lowest BCUT2D eigenvalue weighted by Crippen LogP contribution is -2.18. The molecule has 0 atom stereocenters. The van der Waals surface area contributed by atoms with Crippen molar-refractivity contribution in [3.05, 3.63) is 89.5 Å². The number of amides is 1. The number of aromatic nitrogens is 2. The van der Waals surface area contributed by atoms with Crippen LogP contribution in [0, 0.1) is 5.82 Å². The summed E-state index contributed by atoms with van der Waals surface area (Å²) < 4.78 is 14.6. The molecule has 5 nitrogen and oxygen atoms in total. The van der Waals surface area contributed by atoms with Gasteiger partial charge in [-0.15, -0.1) is 0 Å². The fraction of sp³-hybridized carbons (Fsp3) is 0.0556. The first-order valence-electron chi connectivity index (χ1n) is 7.36. The Morgan fingerprint density at radius 2 is 2.04 bits per heavy atom. The molecule has 0 unspecified atom stereocenters. The van der Waals surface area contributed by atoms with Gasteiger partial charge in [0, 0.05) is 18.0 Å². The number of carbonyl (C=O) groups is 1. The van der Waals surface area contributed by atoms with Gasteiger partial charge in [0.25, 0.3) is 5.91 Å². The van der Waals surface area contributed by atoms with Gasteiger partial charge in [0.15, 0.2) is 0 Å². The number of carbonyl (C=O) groups excluding carboxylic acids is 1. The highest BCUT2D eigenvalue weighted by molar-refractivity contribution is 5.95. The molecule has 3 rings (SSSR count). The van der Waals surface area contributed by atoms with Gasteiger partial charge >= 0.3 is 0 Å².